The van der Waals surface area contributed by atoms with Crippen LogP contribution in [-0.2, 0) is 38.0 Å². The summed E-state index contributed by atoms with van der Waals surface area (Å²) in [4.78, 5) is 25.4. The lowest BCUT2D eigenvalue weighted by atomic mass is 9.87. The highest BCUT2D eigenvalue weighted by molar-refractivity contribution is 5.81. The highest BCUT2D eigenvalue weighted by Crippen LogP contribution is 2.37. The van der Waals surface area contributed by atoms with Crippen LogP contribution in [0.5, 0.6) is 0 Å². The molecule has 0 amide bonds. The fraction of sp³-hybridized carbons (Fsp3) is 0.805. The molecule has 3 saturated carbocycles. The van der Waals surface area contributed by atoms with Crippen molar-refractivity contribution in [3.8, 4) is 0 Å². The Bertz CT molecular complexity index is 964. The van der Waals surface area contributed by atoms with Gasteiger partial charge >= 0.3 is 11.9 Å². The molecular formula is C41H74O9. The van der Waals surface area contributed by atoms with Crippen LogP contribution in [0.1, 0.15) is 139 Å². The van der Waals surface area contributed by atoms with Gasteiger partial charge in [-0.2, -0.15) is 0 Å². The SMILES string of the molecule is C.C=C.C=CCC(CC=C)(OCC1CCCC(OCOC)C1)C(=O)OC(C)(C)C.CC(C)(C)OC(=O)C1(OCC2CCCC(O)C2)CCCC1. The maximum absolute atomic E-state index is 12.9. The van der Waals surface area contributed by atoms with Crippen LogP contribution in [0, 0.1) is 11.8 Å². The van der Waals surface area contributed by atoms with E-state index in [1.54, 1.807) is 19.3 Å². The third kappa shape index (κ3) is 17.5. The summed E-state index contributed by atoms with van der Waals surface area (Å²) in [6, 6.07) is 0. The zero-order valence-corrected chi connectivity index (χ0v) is 32.0. The third-order valence-corrected chi connectivity index (χ3v) is 9.00. The minimum Gasteiger partial charge on any atom is -0.458 e. The van der Waals surface area contributed by atoms with Gasteiger partial charge in [0.25, 0.3) is 0 Å². The van der Waals surface area contributed by atoms with Gasteiger partial charge in [0.15, 0.2) is 11.2 Å². The third-order valence-electron chi connectivity index (χ3n) is 9.00. The molecule has 0 aliphatic heterocycles. The van der Waals surface area contributed by atoms with Gasteiger partial charge in [-0.05, 0) is 118 Å². The number of carbonyl (C=O) groups is 2. The van der Waals surface area contributed by atoms with E-state index in [0.717, 1.165) is 77.0 Å². The Morgan fingerprint density at radius 1 is 0.800 bits per heavy atom. The molecule has 0 radical (unpaired) electrons. The maximum Gasteiger partial charge on any atom is 0.339 e. The second-order valence-electron chi connectivity index (χ2n) is 15.7. The van der Waals surface area contributed by atoms with Crippen molar-refractivity contribution in [3.63, 3.8) is 0 Å². The van der Waals surface area contributed by atoms with Gasteiger partial charge in [0, 0.05) is 20.0 Å². The summed E-state index contributed by atoms with van der Waals surface area (Å²) in [5.41, 5.74) is -2.85. The van der Waals surface area contributed by atoms with Crippen molar-refractivity contribution in [1.29, 1.82) is 0 Å². The van der Waals surface area contributed by atoms with Crippen molar-refractivity contribution in [2.24, 2.45) is 11.8 Å². The second kappa shape index (κ2) is 23.5. The molecule has 4 atom stereocenters. The standard InChI is InChI=1S/C21H36O5.C17H30O4.C2H4.CH4/c1-7-12-21(13-8-2,19(22)26-20(3,4)5)25-15-17-10-9-11-18(14-17)24-16-23-6;1-16(2,3)21-15(19)17(9-4-5-10-17)20-12-13-7-6-8-14(18)11-13;1-2;/h7-8,17-18H,1-2,9-16H2,3-6H3;13-14,18H,4-12H2,1-3H3;1-2H2;1H4. The van der Waals surface area contributed by atoms with E-state index in [9.17, 15) is 14.7 Å². The van der Waals surface area contributed by atoms with Crippen LogP contribution < -0.4 is 0 Å². The van der Waals surface area contributed by atoms with E-state index in [1.165, 1.54) is 0 Å². The number of methoxy groups -OCH3 is 1. The fourth-order valence-corrected chi connectivity index (χ4v) is 6.67. The first-order chi connectivity index (χ1) is 23.1. The van der Waals surface area contributed by atoms with Crippen LogP contribution >= 0.6 is 0 Å². The highest BCUT2D eigenvalue weighted by Gasteiger charge is 2.46. The van der Waals surface area contributed by atoms with Gasteiger partial charge in [-0.1, -0.05) is 32.4 Å². The van der Waals surface area contributed by atoms with E-state index in [2.05, 4.69) is 26.3 Å². The van der Waals surface area contributed by atoms with E-state index in [-0.39, 0.29) is 31.6 Å². The van der Waals surface area contributed by atoms with Crippen molar-refractivity contribution < 1.29 is 43.1 Å². The molecular weight excluding hydrogens is 636 g/mol. The summed E-state index contributed by atoms with van der Waals surface area (Å²) < 4.78 is 34.2. The number of rotatable bonds is 15. The Kier molecular flexibility index (Phi) is 22.5. The molecule has 9 nitrogen and oxygen atoms in total. The fourth-order valence-electron chi connectivity index (χ4n) is 6.67. The zero-order chi connectivity index (χ0) is 37.1. The van der Waals surface area contributed by atoms with Crippen LogP contribution in [0.4, 0.5) is 0 Å². The zero-order valence-electron chi connectivity index (χ0n) is 32.0. The predicted molar refractivity (Wildman–Crippen MR) is 202 cm³/mol. The van der Waals surface area contributed by atoms with Gasteiger partial charge in [0.1, 0.15) is 18.0 Å². The van der Waals surface area contributed by atoms with Gasteiger partial charge in [-0.25, -0.2) is 9.59 Å². The van der Waals surface area contributed by atoms with Gasteiger partial charge in [0.2, 0.25) is 0 Å². The van der Waals surface area contributed by atoms with Crippen LogP contribution in [-0.4, -0.2) is 78.8 Å². The lowest BCUT2D eigenvalue weighted by Crippen LogP contribution is -2.46. The minimum absolute atomic E-state index is 0. The molecule has 0 spiro atoms. The number of carbonyl (C=O) groups excluding carboxylic acids is 2. The molecule has 0 aromatic heterocycles. The summed E-state index contributed by atoms with van der Waals surface area (Å²) in [5.74, 6) is 0.160. The number of ether oxygens (including phenoxy) is 6. The first-order valence-electron chi connectivity index (χ1n) is 18.3. The summed E-state index contributed by atoms with van der Waals surface area (Å²) in [6.07, 6.45) is 15.7. The van der Waals surface area contributed by atoms with Crippen molar-refractivity contribution >= 4 is 11.9 Å². The molecule has 4 unspecified atom stereocenters. The molecule has 1 N–H and O–H groups in total. The van der Waals surface area contributed by atoms with E-state index < -0.39 is 22.4 Å². The Morgan fingerprint density at radius 2 is 1.34 bits per heavy atom. The predicted octanol–water partition coefficient (Wildman–Crippen LogP) is 9.06. The highest BCUT2D eigenvalue weighted by atomic mass is 16.7. The molecule has 0 bridgehead atoms. The molecule has 50 heavy (non-hydrogen) atoms. The molecule has 0 aromatic rings. The van der Waals surface area contributed by atoms with E-state index >= 15 is 0 Å². The molecule has 292 valence electrons. The maximum atomic E-state index is 12.9. The number of aliphatic hydroxyl groups excluding tert-OH is 1. The summed E-state index contributed by atoms with van der Waals surface area (Å²) in [7, 11) is 1.63. The smallest absolute Gasteiger partial charge is 0.339 e. The van der Waals surface area contributed by atoms with Crippen molar-refractivity contribution in [3.05, 3.63) is 38.5 Å². The average Bonchev–Trinajstić information content (AvgIpc) is 3.52. The normalized spacial score (nSPS) is 23.4. The van der Waals surface area contributed by atoms with Gasteiger partial charge in [0.05, 0.1) is 25.4 Å². The summed E-state index contributed by atoms with van der Waals surface area (Å²) in [5, 5.41) is 9.75. The summed E-state index contributed by atoms with van der Waals surface area (Å²) in [6.45, 7) is 26.2. The molecule has 9 heteroatoms. The minimum atomic E-state index is -1.06. The molecule has 3 fully saturated rings. The Balaban J connectivity index is 0.000000913. The van der Waals surface area contributed by atoms with Gasteiger partial charge in [-0.15, -0.1) is 26.3 Å². The van der Waals surface area contributed by atoms with Crippen LogP contribution in [0.25, 0.3) is 0 Å². The van der Waals surface area contributed by atoms with Gasteiger partial charge < -0.3 is 33.5 Å². The van der Waals surface area contributed by atoms with Crippen LogP contribution in [0.2, 0.25) is 0 Å². The van der Waals surface area contributed by atoms with Crippen molar-refractivity contribution in [1.82, 2.24) is 0 Å². The number of hydrogen-bond acceptors (Lipinski definition) is 9. The van der Waals surface area contributed by atoms with Crippen LogP contribution in [0.15, 0.2) is 38.5 Å². The van der Waals surface area contributed by atoms with Crippen LogP contribution in [0.3, 0.4) is 0 Å². The lowest BCUT2D eigenvalue weighted by molar-refractivity contribution is -0.186. The van der Waals surface area contributed by atoms with E-state index in [0.29, 0.717) is 44.7 Å². The summed E-state index contributed by atoms with van der Waals surface area (Å²) >= 11 is 0. The quantitative estimate of drug-likeness (QED) is 0.101. The Morgan fingerprint density at radius 3 is 1.84 bits per heavy atom. The Hall–Kier alpha value is -2.04. The lowest BCUT2D eigenvalue weighted by Gasteiger charge is -2.36. The first-order valence-corrected chi connectivity index (χ1v) is 18.3. The number of aliphatic hydroxyl groups is 1. The van der Waals surface area contributed by atoms with Crippen molar-refractivity contribution in [2.45, 2.75) is 173 Å². The van der Waals surface area contributed by atoms with E-state index in [1.807, 2.05) is 41.5 Å². The second-order valence-corrected chi connectivity index (χ2v) is 15.7. The monoisotopic (exact) mass is 711 g/mol. The average molecular weight is 711 g/mol. The molecule has 0 saturated heterocycles. The largest absolute Gasteiger partial charge is 0.458 e. The molecule has 0 aromatic carbocycles. The van der Waals surface area contributed by atoms with Crippen molar-refractivity contribution in [2.75, 3.05) is 27.1 Å². The molecule has 3 aliphatic carbocycles. The van der Waals surface area contributed by atoms with Gasteiger partial charge in [-0.3, -0.25) is 0 Å². The first kappa shape index (κ1) is 48.0. The topological polar surface area (TPSA) is 110 Å². The molecule has 3 rings (SSSR count). The van der Waals surface area contributed by atoms with E-state index in [4.69, 9.17) is 28.4 Å². The molecule has 0 heterocycles. The number of esters is 2. The molecule has 3 aliphatic rings. The number of hydrogen-bond donors (Lipinski definition) is 1. The Labute approximate surface area is 305 Å².